The van der Waals surface area contributed by atoms with Gasteiger partial charge in [0, 0.05) is 16.0 Å². The van der Waals surface area contributed by atoms with Gasteiger partial charge in [-0.1, -0.05) is 27.5 Å². The van der Waals surface area contributed by atoms with Crippen molar-refractivity contribution in [2.75, 3.05) is 5.73 Å². The van der Waals surface area contributed by atoms with E-state index in [-0.39, 0.29) is 21.6 Å². The first-order valence-electron chi connectivity index (χ1n) is 3.57. The third-order valence-corrected chi connectivity index (χ3v) is 2.47. The summed E-state index contributed by atoms with van der Waals surface area (Å²) in [6.07, 6.45) is -4.43. The number of hydrogen-bond acceptors (Lipinski definition) is 1. The molecule has 1 aromatic carbocycles. The molecule has 0 atom stereocenters. The lowest BCUT2D eigenvalue weighted by atomic mass is 10.1. The summed E-state index contributed by atoms with van der Waals surface area (Å²) in [6.45, 7) is 0. The van der Waals surface area contributed by atoms with E-state index in [0.29, 0.717) is 0 Å². The van der Waals surface area contributed by atoms with Gasteiger partial charge in [-0.2, -0.15) is 13.2 Å². The third kappa shape index (κ3) is 2.33. The van der Waals surface area contributed by atoms with E-state index in [1.165, 1.54) is 6.07 Å². The first-order chi connectivity index (χ1) is 6.36. The van der Waals surface area contributed by atoms with Gasteiger partial charge in [0.15, 0.2) is 0 Å². The molecule has 0 heterocycles. The standard InChI is InChI=1S/C8H6BrClF3N/c9-3-5-6(8(11,12)13)1-4(10)2-7(5)14/h1-2H,3,14H2. The molecule has 1 rings (SSSR count). The summed E-state index contributed by atoms with van der Waals surface area (Å²) in [5.74, 6) is 0. The first kappa shape index (κ1) is 11.7. The molecule has 0 fully saturated rings. The number of anilines is 1. The van der Waals surface area contributed by atoms with E-state index < -0.39 is 11.7 Å². The Morgan fingerprint density at radius 1 is 1.36 bits per heavy atom. The lowest BCUT2D eigenvalue weighted by Crippen LogP contribution is -2.10. The average Bonchev–Trinajstić information content (AvgIpc) is 2.01. The maximum atomic E-state index is 12.5. The Bertz CT molecular complexity index is 351. The van der Waals surface area contributed by atoms with Crippen molar-refractivity contribution in [3.05, 3.63) is 28.3 Å². The highest BCUT2D eigenvalue weighted by Crippen LogP contribution is 2.37. The summed E-state index contributed by atoms with van der Waals surface area (Å²) in [7, 11) is 0. The van der Waals surface area contributed by atoms with Crippen LogP contribution < -0.4 is 5.73 Å². The van der Waals surface area contributed by atoms with Gasteiger partial charge in [-0.3, -0.25) is 0 Å². The topological polar surface area (TPSA) is 26.0 Å². The van der Waals surface area contributed by atoms with Gasteiger partial charge in [0.05, 0.1) is 5.56 Å². The van der Waals surface area contributed by atoms with Gasteiger partial charge >= 0.3 is 6.18 Å². The van der Waals surface area contributed by atoms with Crippen LogP contribution >= 0.6 is 27.5 Å². The number of nitrogens with two attached hydrogens (primary N) is 1. The zero-order valence-corrected chi connectivity index (χ0v) is 9.17. The molecule has 6 heteroatoms. The fraction of sp³-hybridized carbons (Fsp3) is 0.250. The molecule has 0 spiro atoms. The van der Waals surface area contributed by atoms with Crippen LogP contribution in [0.25, 0.3) is 0 Å². The highest BCUT2D eigenvalue weighted by atomic mass is 79.9. The van der Waals surface area contributed by atoms with Crippen molar-refractivity contribution in [1.29, 1.82) is 0 Å². The fourth-order valence-corrected chi connectivity index (χ4v) is 1.91. The predicted molar refractivity (Wildman–Crippen MR) is 53.5 cm³/mol. The van der Waals surface area contributed by atoms with Crippen molar-refractivity contribution in [2.24, 2.45) is 0 Å². The van der Waals surface area contributed by atoms with Crippen molar-refractivity contribution >= 4 is 33.2 Å². The van der Waals surface area contributed by atoms with Gasteiger partial charge in [0.25, 0.3) is 0 Å². The molecule has 0 aliphatic carbocycles. The monoisotopic (exact) mass is 287 g/mol. The predicted octanol–water partition coefficient (Wildman–Crippen LogP) is 3.84. The highest BCUT2D eigenvalue weighted by molar-refractivity contribution is 9.08. The summed E-state index contributed by atoms with van der Waals surface area (Å²) in [5, 5.41) is 0.0321. The van der Waals surface area contributed by atoms with Crippen molar-refractivity contribution in [3.8, 4) is 0 Å². The molecule has 1 nitrogen and oxygen atoms in total. The molecule has 0 unspecified atom stereocenters. The Labute approximate surface area is 92.2 Å². The third-order valence-electron chi connectivity index (χ3n) is 1.69. The van der Waals surface area contributed by atoms with Crippen LogP contribution in [0.3, 0.4) is 0 Å². The number of alkyl halides is 4. The SMILES string of the molecule is Nc1cc(Cl)cc(C(F)(F)F)c1CBr. The summed E-state index contributed by atoms with van der Waals surface area (Å²) in [4.78, 5) is 0. The number of rotatable bonds is 1. The minimum atomic E-state index is -4.43. The second-order valence-corrected chi connectivity index (χ2v) is 3.65. The molecule has 0 bridgehead atoms. The van der Waals surface area contributed by atoms with Crippen LogP contribution in [0, 0.1) is 0 Å². The van der Waals surface area contributed by atoms with Crippen molar-refractivity contribution in [1.82, 2.24) is 0 Å². The second kappa shape index (κ2) is 3.98. The van der Waals surface area contributed by atoms with E-state index in [2.05, 4.69) is 15.9 Å². The van der Waals surface area contributed by atoms with Crippen LogP contribution in [0.4, 0.5) is 18.9 Å². The Kier molecular flexibility index (Phi) is 3.32. The largest absolute Gasteiger partial charge is 0.416 e. The van der Waals surface area contributed by atoms with Crippen LogP contribution in [-0.4, -0.2) is 0 Å². The van der Waals surface area contributed by atoms with E-state index in [1.54, 1.807) is 0 Å². The molecule has 78 valence electrons. The minimum Gasteiger partial charge on any atom is -0.398 e. The fourth-order valence-electron chi connectivity index (χ4n) is 1.06. The van der Waals surface area contributed by atoms with Gasteiger partial charge in [-0.15, -0.1) is 0 Å². The van der Waals surface area contributed by atoms with Gasteiger partial charge in [0.1, 0.15) is 0 Å². The van der Waals surface area contributed by atoms with Crippen molar-refractivity contribution in [3.63, 3.8) is 0 Å². The van der Waals surface area contributed by atoms with Crippen LogP contribution in [0.5, 0.6) is 0 Å². The van der Waals surface area contributed by atoms with Crippen molar-refractivity contribution < 1.29 is 13.2 Å². The van der Waals surface area contributed by atoms with Gasteiger partial charge < -0.3 is 5.73 Å². The molecule has 14 heavy (non-hydrogen) atoms. The van der Waals surface area contributed by atoms with Gasteiger partial charge in [0.2, 0.25) is 0 Å². The molecule has 2 N–H and O–H groups in total. The van der Waals surface area contributed by atoms with E-state index in [1.807, 2.05) is 0 Å². The molecule has 0 aromatic heterocycles. The van der Waals surface area contributed by atoms with Crippen LogP contribution in [0.1, 0.15) is 11.1 Å². The van der Waals surface area contributed by atoms with E-state index in [9.17, 15) is 13.2 Å². The molecular weight excluding hydrogens is 282 g/mol. The molecule has 0 aliphatic rings. The Morgan fingerprint density at radius 2 is 1.93 bits per heavy atom. The smallest absolute Gasteiger partial charge is 0.398 e. The Balaban J connectivity index is 3.40. The number of halogens is 5. The van der Waals surface area contributed by atoms with Gasteiger partial charge in [-0.05, 0) is 17.7 Å². The van der Waals surface area contributed by atoms with E-state index in [0.717, 1.165) is 6.07 Å². The molecular formula is C8H6BrClF3N. The number of hydrogen-bond donors (Lipinski definition) is 1. The molecule has 1 aromatic rings. The molecule has 0 amide bonds. The van der Waals surface area contributed by atoms with Crippen LogP contribution in [-0.2, 0) is 11.5 Å². The summed E-state index contributed by atoms with van der Waals surface area (Å²) >= 11 is 8.44. The summed E-state index contributed by atoms with van der Waals surface area (Å²) < 4.78 is 37.4. The maximum Gasteiger partial charge on any atom is 0.416 e. The van der Waals surface area contributed by atoms with Gasteiger partial charge in [-0.25, -0.2) is 0 Å². The first-order valence-corrected chi connectivity index (χ1v) is 5.07. The lowest BCUT2D eigenvalue weighted by molar-refractivity contribution is -0.138. The average molecular weight is 288 g/mol. The summed E-state index contributed by atoms with van der Waals surface area (Å²) in [5.41, 5.74) is 4.68. The Hall–Kier alpha value is -0.420. The van der Waals surface area contributed by atoms with E-state index in [4.69, 9.17) is 17.3 Å². The molecule has 0 saturated heterocycles. The quantitative estimate of drug-likeness (QED) is 0.617. The van der Waals surface area contributed by atoms with Crippen molar-refractivity contribution in [2.45, 2.75) is 11.5 Å². The number of nitrogen functional groups attached to an aromatic ring is 1. The van der Waals surface area contributed by atoms with E-state index >= 15 is 0 Å². The molecule has 0 radical (unpaired) electrons. The maximum absolute atomic E-state index is 12.5. The highest BCUT2D eigenvalue weighted by Gasteiger charge is 2.34. The zero-order chi connectivity index (χ0) is 10.9. The second-order valence-electron chi connectivity index (χ2n) is 2.65. The Morgan fingerprint density at radius 3 is 2.36 bits per heavy atom. The minimum absolute atomic E-state index is 0.0143. The molecule has 0 aliphatic heterocycles. The van der Waals surface area contributed by atoms with Crippen LogP contribution in [0.2, 0.25) is 5.02 Å². The van der Waals surface area contributed by atoms with Crippen LogP contribution in [0.15, 0.2) is 12.1 Å². The number of benzene rings is 1. The zero-order valence-electron chi connectivity index (χ0n) is 6.83. The summed E-state index contributed by atoms with van der Waals surface area (Å²) in [6, 6.07) is 2.17. The molecule has 0 saturated carbocycles. The lowest BCUT2D eigenvalue weighted by Gasteiger charge is -2.13. The normalized spacial score (nSPS) is 11.8.